The summed E-state index contributed by atoms with van der Waals surface area (Å²) in [6.07, 6.45) is 0. The standard InChI is InChI=1S/CO.HO3P.Rh/c1-2;1-4(2)3;/h;1H;/q;-2;. The zero-order chi connectivity index (χ0) is 6.28. The molecular weight excluding hydrogens is 210 g/mol. The van der Waals surface area contributed by atoms with Crippen molar-refractivity contribution in [2.24, 2.45) is 0 Å². The van der Waals surface area contributed by atoms with E-state index < -0.39 is 8.60 Å². The van der Waals surface area contributed by atoms with Crippen molar-refractivity contribution >= 4 is 13.1 Å². The van der Waals surface area contributed by atoms with Crippen LogP contribution in [-0.2, 0) is 22.6 Å². The van der Waals surface area contributed by atoms with Crippen molar-refractivity contribution in [3.8, 4) is 0 Å². The number of hydrogen-bond donors (Lipinski definition) is 1. The first-order valence-corrected chi connectivity index (χ1v) is 2.89. The van der Waals surface area contributed by atoms with Crippen molar-refractivity contribution in [1.29, 1.82) is 0 Å². The van der Waals surface area contributed by atoms with Gasteiger partial charge in [-0.1, -0.05) is 0 Å². The zero-order valence-electron chi connectivity index (χ0n) is 2.95. The molecule has 0 bridgehead atoms. The van der Waals surface area contributed by atoms with Gasteiger partial charge < -0.3 is 14.7 Å². The van der Waals surface area contributed by atoms with Crippen LogP contribution in [0.15, 0.2) is 0 Å². The summed E-state index contributed by atoms with van der Waals surface area (Å²) in [5, 5.41) is 0. The van der Waals surface area contributed by atoms with Crippen LogP contribution in [0.2, 0.25) is 0 Å². The maximum Gasteiger partial charge on any atom is -0.165 e. The SMILES string of the molecule is O=[C]=[Rh].[O-]P([O-])O. The Labute approximate surface area is 51.0 Å². The average molecular weight is 211 g/mol. The second-order valence-electron chi connectivity index (χ2n) is 0.306. The fourth-order valence-electron chi connectivity index (χ4n) is 0. The maximum atomic E-state index is 8.63. The quantitative estimate of drug-likeness (QED) is 0.355. The summed E-state index contributed by atoms with van der Waals surface area (Å²) < 4.78 is 1.39. The van der Waals surface area contributed by atoms with E-state index in [1.54, 1.807) is 0 Å². The minimum absolute atomic E-state index is 1.39. The average Bonchev–Trinajstić information content (AvgIpc) is 1.33. The summed E-state index contributed by atoms with van der Waals surface area (Å²) >= 11 is 1.92. The van der Waals surface area contributed by atoms with Crippen LogP contribution in [-0.4, -0.2) is 9.37 Å². The van der Waals surface area contributed by atoms with Gasteiger partial charge >= 0.3 is 27.1 Å². The van der Waals surface area contributed by atoms with Crippen molar-refractivity contribution in [3.63, 3.8) is 0 Å². The fraction of sp³-hybridized carbons (Fsp3) is 0. The molecule has 0 heterocycles. The van der Waals surface area contributed by atoms with Gasteiger partial charge in [-0.25, -0.2) is 0 Å². The molecule has 0 aliphatic carbocycles. The summed E-state index contributed by atoms with van der Waals surface area (Å²) in [6.45, 7) is 0. The first-order valence-electron chi connectivity index (χ1n) is 0.936. The Morgan fingerprint density at radius 1 is 1.71 bits per heavy atom. The molecule has 0 rings (SSSR count). The van der Waals surface area contributed by atoms with Gasteiger partial charge in [0.1, 0.15) is 0 Å². The second kappa shape index (κ2) is 9.72. The number of carbonyl (C=O) groups excluding carboxylic acids is 1. The third-order valence-electron chi connectivity index (χ3n) is 0. The molecule has 0 fully saturated rings. The van der Waals surface area contributed by atoms with Gasteiger partial charge in [0.25, 0.3) is 0 Å². The molecule has 45 valence electrons. The smallest absolute Gasteiger partial charge is 0.165 e. The summed E-state index contributed by atoms with van der Waals surface area (Å²) in [5.41, 5.74) is 0. The van der Waals surface area contributed by atoms with Gasteiger partial charge in [0.05, 0.1) is 0 Å². The molecular formula is CHO4PRh-2. The first-order chi connectivity index (χ1) is 3.15. The molecule has 0 unspecified atom stereocenters. The monoisotopic (exact) mass is 211 g/mol. The van der Waals surface area contributed by atoms with E-state index in [9.17, 15) is 0 Å². The van der Waals surface area contributed by atoms with Crippen LogP contribution in [0.3, 0.4) is 0 Å². The zero-order valence-corrected chi connectivity index (χ0v) is 5.49. The predicted molar refractivity (Wildman–Crippen MR) is 14.8 cm³/mol. The number of rotatable bonds is 0. The Morgan fingerprint density at radius 2 is 1.71 bits per heavy atom. The van der Waals surface area contributed by atoms with E-state index in [1.807, 2.05) is 17.9 Å². The minimum Gasteiger partial charge on any atom is -0.820 e. The summed E-state index contributed by atoms with van der Waals surface area (Å²) in [6, 6.07) is 0. The third-order valence-corrected chi connectivity index (χ3v) is 0. The summed E-state index contributed by atoms with van der Waals surface area (Å²) in [7, 11) is -3.12. The van der Waals surface area contributed by atoms with E-state index in [2.05, 4.69) is 0 Å². The second-order valence-corrected chi connectivity index (χ2v) is 1.12. The van der Waals surface area contributed by atoms with Crippen LogP contribution < -0.4 is 9.79 Å². The van der Waals surface area contributed by atoms with E-state index in [0.717, 1.165) is 0 Å². The number of hydrogen-bond acceptors (Lipinski definition) is 4. The molecule has 0 aromatic heterocycles. The largest absolute Gasteiger partial charge is 0.820 e. The Morgan fingerprint density at radius 3 is 1.71 bits per heavy atom. The molecule has 0 atom stereocenters. The Kier molecular flexibility index (Phi) is 14.6. The molecule has 4 nitrogen and oxygen atoms in total. The third kappa shape index (κ3) is 503. The molecule has 0 spiro atoms. The van der Waals surface area contributed by atoms with Crippen molar-refractivity contribution < 1.29 is 37.3 Å². The van der Waals surface area contributed by atoms with Crippen LogP contribution in [0.4, 0.5) is 0 Å². The van der Waals surface area contributed by atoms with E-state index in [-0.39, 0.29) is 0 Å². The predicted octanol–water partition coefficient (Wildman–Crippen LogP) is -2.47. The van der Waals surface area contributed by atoms with Gasteiger partial charge in [0.15, 0.2) is 0 Å². The molecule has 0 aliphatic heterocycles. The molecule has 0 saturated carbocycles. The molecule has 0 amide bonds. The summed E-state index contributed by atoms with van der Waals surface area (Å²) in [5.74, 6) is 0. The van der Waals surface area contributed by atoms with Crippen LogP contribution in [0.1, 0.15) is 0 Å². The van der Waals surface area contributed by atoms with Gasteiger partial charge in [-0.2, -0.15) is 8.60 Å². The van der Waals surface area contributed by atoms with Gasteiger partial charge in [0, 0.05) is 0 Å². The molecule has 0 aromatic carbocycles. The Balaban J connectivity index is 0. The molecule has 1 N–H and O–H groups in total. The van der Waals surface area contributed by atoms with Crippen molar-refractivity contribution in [3.05, 3.63) is 0 Å². The maximum absolute atomic E-state index is 8.63. The van der Waals surface area contributed by atoms with Crippen LogP contribution >= 0.6 is 8.60 Å². The molecule has 6 heteroatoms. The van der Waals surface area contributed by atoms with Crippen molar-refractivity contribution in [2.45, 2.75) is 0 Å². The van der Waals surface area contributed by atoms with Gasteiger partial charge in [-0.15, -0.1) is 0 Å². The van der Waals surface area contributed by atoms with Crippen LogP contribution in [0.5, 0.6) is 0 Å². The molecule has 0 aliphatic rings. The first kappa shape index (κ1) is 10.5. The fourth-order valence-corrected chi connectivity index (χ4v) is 0. The van der Waals surface area contributed by atoms with Crippen LogP contribution in [0, 0.1) is 0 Å². The van der Waals surface area contributed by atoms with E-state index >= 15 is 0 Å². The summed E-state index contributed by atoms with van der Waals surface area (Å²) in [4.78, 5) is 32.8. The minimum atomic E-state index is -3.12. The molecule has 0 radical (unpaired) electrons. The van der Waals surface area contributed by atoms with Gasteiger partial charge in [-0.3, -0.25) is 0 Å². The Hall–Kier alpha value is 0.513. The Bertz CT molecular complexity index is 54.0. The van der Waals surface area contributed by atoms with E-state index in [4.69, 9.17) is 19.5 Å². The topological polar surface area (TPSA) is 83.4 Å². The normalized spacial score (nSPS) is 6.43. The van der Waals surface area contributed by atoms with Gasteiger partial charge in [0.2, 0.25) is 0 Å². The van der Waals surface area contributed by atoms with Crippen molar-refractivity contribution in [2.75, 3.05) is 0 Å². The molecule has 7 heavy (non-hydrogen) atoms. The molecule has 0 aromatic rings. The van der Waals surface area contributed by atoms with Crippen molar-refractivity contribution in [1.82, 2.24) is 0 Å². The van der Waals surface area contributed by atoms with E-state index in [0.29, 0.717) is 0 Å². The van der Waals surface area contributed by atoms with Crippen LogP contribution in [0.25, 0.3) is 0 Å². The molecule has 0 saturated heterocycles. The van der Waals surface area contributed by atoms with Gasteiger partial charge in [-0.05, 0) is 0 Å². The van der Waals surface area contributed by atoms with E-state index in [1.165, 1.54) is 4.47 Å².